The lowest BCUT2D eigenvalue weighted by Gasteiger charge is -2.54. The molecule has 4 aliphatic carbocycles. The van der Waals surface area contributed by atoms with Crippen molar-refractivity contribution in [1.29, 1.82) is 0 Å². The zero-order valence-electron chi connectivity index (χ0n) is 14.8. The van der Waals surface area contributed by atoms with Crippen molar-refractivity contribution in [2.45, 2.75) is 83.0 Å². The Kier molecular flexibility index (Phi) is 3.10. The van der Waals surface area contributed by atoms with Crippen LogP contribution in [0.15, 0.2) is 0 Å². The Morgan fingerprint density at radius 1 is 1.08 bits per heavy atom. The van der Waals surface area contributed by atoms with Gasteiger partial charge in [-0.1, -0.05) is 6.92 Å². The van der Waals surface area contributed by atoms with E-state index in [0.29, 0.717) is 23.5 Å². The first kappa shape index (κ1) is 15.4. The molecule has 8 atom stereocenters. The van der Waals surface area contributed by atoms with Crippen LogP contribution in [-0.2, 0) is 19.1 Å². The van der Waals surface area contributed by atoms with E-state index in [4.69, 9.17) is 9.47 Å². The molecule has 0 amide bonds. The van der Waals surface area contributed by atoms with Crippen molar-refractivity contribution >= 4 is 11.8 Å². The molecule has 1 heterocycles. The van der Waals surface area contributed by atoms with Gasteiger partial charge in [-0.15, -0.1) is 0 Å². The van der Waals surface area contributed by atoms with Crippen LogP contribution in [0.2, 0.25) is 0 Å². The molecule has 4 saturated carbocycles. The molecule has 0 aromatic carbocycles. The molecule has 0 radical (unpaired) electrons. The standard InChI is InChI=1S/C20H28O4/c1-11(21)23-17-6-4-14-12-8-10-20-15(3-5-16(22)18(20)24-20)13(12)7-9-19(14,17)2/h12-15,17-18H,3-10H2,1-2H3/t12-,13+,14+,15-,17+,18-,19+,20-/m1/s1. The molecule has 1 spiro atoms. The molecular formula is C20H28O4. The number of fused-ring (bicyclic) bond motifs is 4. The lowest BCUT2D eigenvalue weighted by molar-refractivity contribution is -0.157. The van der Waals surface area contributed by atoms with Gasteiger partial charge in [-0.3, -0.25) is 9.59 Å². The molecule has 24 heavy (non-hydrogen) atoms. The minimum Gasteiger partial charge on any atom is -0.462 e. The second kappa shape index (κ2) is 4.84. The predicted octanol–water partition coefficient (Wildman–Crippen LogP) is 3.27. The second-order valence-electron chi connectivity index (χ2n) is 9.26. The zero-order valence-corrected chi connectivity index (χ0v) is 14.8. The lowest BCUT2D eigenvalue weighted by Crippen LogP contribution is -2.53. The van der Waals surface area contributed by atoms with E-state index in [-0.39, 0.29) is 29.2 Å². The predicted molar refractivity (Wildman–Crippen MR) is 87.2 cm³/mol. The van der Waals surface area contributed by atoms with Crippen molar-refractivity contribution in [3.63, 3.8) is 0 Å². The third kappa shape index (κ3) is 1.84. The van der Waals surface area contributed by atoms with Gasteiger partial charge in [0, 0.05) is 18.8 Å². The topological polar surface area (TPSA) is 55.9 Å². The average molecular weight is 332 g/mol. The third-order valence-corrected chi connectivity index (χ3v) is 8.44. The molecule has 0 unspecified atom stereocenters. The molecule has 0 bridgehead atoms. The van der Waals surface area contributed by atoms with Gasteiger partial charge >= 0.3 is 5.97 Å². The van der Waals surface area contributed by atoms with Crippen LogP contribution in [0.5, 0.6) is 0 Å². The monoisotopic (exact) mass is 332 g/mol. The highest BCUT2D eigenvalue weighted by molar-refractivity contribution is 5.88. The number of hydrogen-bond donors (Lipinski definition) is 0. The molecule has 5 aliphatic rings. The van der Waals surface area contributed by atoms with E-state index in [2.05, 4.69) is 6.92 Å². The fourth-order valence-electron chi connectivity index (χ4n) is 7.40. The molecule has 4 heteroatoms. The van der Waals surface area contributed by atoms with Crippen LogP contribution in [0.4, 0.5) is 0 Å². The first-order valence-corrected chi connectivity index (χ1v) is 9.83. The highest BCUT2D eigenvalue weighted by Crippen LogP contribution is 2.67. The Morgan fingerprint density at radius 2 is 1.83 bits per heavy atom. The summed E-state index contributed by atoms with van der Waals surface area (Å²) in [5, 5.41) is 0. The van der Waals surface area contributed by atoms with Crippen molar-refractivity contribution in [2.24, 2.45) is 29.1 Å². The lowest BCUT2D eigenvalue weighted by atomic mass is 9.50. The van der Waals surface area contributed by atoms with Gasteiger partial charge < -0.3 is 9.47 Å². The second-order valence-corrected chi connectivity index (χ2v) is 9.26. The number of carbonyl (C=O) groups is 2. The Hall–Kier alpha value is -0.900. The van der Waals surface area contributed by atoms with E-state index in [0.717, 1.165) is 38.0 Å². The van der Waals surface area contributed by atoms with Gasteiger partial charge in [0.25, 0.3) is 0 Å². The molecular weight excluding hydrogens is 304 g/mol. The molecule has 4 nitrogen and oxygen atoms in total. The first-order valence-electron chi connectivity index (χ1n) is 9.83. The van der Waals surface area contributed by atoms with Gasteiger partial charge in [-0.25, -0.2) is 0 Å². The molecule has 1 aliphatic heterocycles. The summed E-state index contributed by atoms with van der Waals surface area (Å²) in [6, 6.07) is 0. The van der Waals surface area contributed by atoms with Crippen LogP contribution in [0.3, 0.4) is 0 Å². The summed E-state index contributed by atoms with van der Waals surface area (Å²) in [6.45, 7) is 3.90. The van der Waals surface area contributed by atoms with Gasteiger partial charge in [0.2, 0.25) is 0 Å². The Morgan fingerprint density at radius 3 is 2.62 bits per heavy atom. The Bertz CT molecular complexity index is 600. The smallest absolute Gasteiger partial charge is 0.302 e. The fraction of sp³-hybridized carbons (Fsp3) is 0.900. The van der Waals surface area contributed by atoms with Crippen molar-refractivity contribution in [3.05, 3.63) is 0 Å². The van der Waals surface area contributed by atoms with Gasteiger partial charge in [-0.2, -0.15) is 0 Å². The highest BCUT2D eigenvalue weighted by Gasteiger charge is 2.71. The number of ether oxygens (including phenoxy) is 2. The van der Waals surface area contributed by atoms with Gasteiger partial charge in [0.1, 0.15) is 17.8 Å². The Labute approximate surface area is 143 Å². The number of rotatable bonds is 1. The number of carbonyl (C=O) groups excluding carboxylic acids is 2. The number of Topliss-reactive ketones (excluding diaryl/α,β-unsaturated/α-hetero) is 1. The average Bonchev–Trinajstić information content (AvgIpc) is 3.19. The van der Waals surface area contributed by atoms with Crippen molar-refractivity contribution < 1.29 is 19.1 Å². The van der Waals surface area contributed by atoms with Crippen LogP contribution in [-0.4, -0.2) is 29.6 Å². The number of esters is 1. The fourth-order valence-corrected chi connectivity index (χ4v) is 7.40. The normalized spacial score (nSPS) is 55.0. The van der Waals surface area contributed by atoms with Gasteiger partial charge in [-0.05, 0) is 68.6 Å². The summed E-state index contributed by atoms with van der Waals surface area (Å²) >= 11 is 0. The third-order valence-electron chi connectivity index (χ3n) is 8.44. The summed E-state index contributed by atoms with van der Waals surface area (Å²) in [4.78, 5) is 23.5. The van der Waals surface area contributed by atoms with Crippen LogP contribution < -0.4 is 0 Å². The van der Waals surface area contributed by atoms with Crippen molar-refractivity contribution in [1.82, 2.24) is 0 Å². The molecule has 0 aromatic heterocycles. The van der Waals surface area contributed by atoms with E-state index in [9.17, 15) is 9.59 Å². The number of ketones is 1. The largest absolute Gasteiger partial charge is 0.462 e. The van der Waals surface area contributed by atoms with Crippen molar-refractivity contribution in [3.8, 4) is 0 Å². The Balaban J connectivity index is 1.40. The molecule has 0 N–H and O–H groups in total. The van der Waals surface area contributed by atoms with Crippen LogP contribution >= 0.6 is 0 Å². The van der Waals surface area contributed by atoms with Crippen molar-refractivity contribution in [2.75, 3.05) is 0 Å². The maximum atomic E-state index is 12.1. The first-order chi connectivity index (χ1) is 11.5. The van der Waals surface area contributed by atoms with E-state index in [1.54, 1.807) is 0 Å². The van der Waals surface area contributed by atoms with Crippen LogP contribution in [0, 0.1) is 29.1 Å². The van der Waals surface area contributed by atoms with Crippen LogP contribution in [0.25, 0.3) is 0 Å². The molecule has 5 rings (SSSR count). The highest BCUT2D eigenvalue weighted by atomic mass is 16.6. The number of epoxide rings is 1. The quantitative estimate of drug-likeness (QED) is 0.546. The molecule has 5 fully saturated rings. The maximum absolute atomic E-state index is 12.1. The van der Waals surface area contributed by atoms with E-state index in [1.165, 1.54) is 26.2 Å². The summed E-state index contributed by atoms with van der Waals surface area (Å²) in [5.41, 5.74) is 0.0871. The summed E-state index contributed by atoms with van der Waals surface area (Å²) in [5.74, 6) is 2.93. The minimum atomic E-state index is -0.133. The van der Waals surface area contributed by atoms with E-state index >= 15 is 0 Å². The minimum absolute atomic E-state index is 0.0668. The van der Waals surface area contributed by atoms with Crippen LogP contribution in [0.1, 0.15) is 65.2 Å². The van der Waals surface area contributed by atoms with Gasteiger partial charge in [0.05, 0.1) is 0 Å². The summed E-state index contributed by atoms with van der Waals surface area (Å²) in [7, 11) is 0. The molecule has 0 aromatic rings. The summed E-state index contributed by atoms with van der Waals surface area (Å²) < 4.78 is 11.7. The number of hydrogen-bond acceptors (Lipinski definition) is 4. The molecule has 1 saturated heterocycles. The zero-order chi connectivity index (χ0) is 16.7. The molecule has 132 valence electrons. The van der Waals surface area contributed by atoms with E-state index in [1.807, 2.05) is 0 Å². The van der Waals surface area contributed by atoms with Gasteiger partial charge in [0.15, 0.2) is 5.78 Å². The van der Waals surface area contributed by atoms with E-state index < -0.39 is 0 Å². The maximum Gasteiger partial charge on any atom is 0.302 e. The summed E-state index contributed by atoms with van der Waals surface area (Å²) in [6.07, 6.45) is 8.64. The SMILES string of the molecule is CC(=O)O[C@H]1CC[C@H]2[C@@H]3CC[C@]45O[C@@H]4C(=O)CC[C@@H]5[C@H]3CC[C@]12C.